The molecule has 3 atom stereocenters. The van der Waals surface area contributed by atoms with E-state index in [2.05, 4.69) is 78.1 Å². The molecular weight excluding hydrogens is 799 g/mol. The third kappa shape index (κ3) is 9.99. The monoisotopic (exact) mass is 855 g/mol. The third-order valence-corrected chi connectivity index (χ3v) is 15.1. The highest BCUT2D eigenvalue weighted by atomic mass is 79.9. The minimum Gasteiger partial charge on any atom is -0.444 e. The van der Waals surface area contributed by atoms with Crippen molar-refractivity contribution in [2.45, 2.75) is 128 Å². The molecule has 2 bridgehead atoms. The zero-order chi connectivity index (χ0) is 39.0. The van der Waals surface area contributed by atoms with Gasteiger partial charge in [-0.2, -0.15) is 9.61 Å². The predicted octanol–water partition coefficient (Wildman–Crippen LogP) is 10.1. The fourth-order valence-corrected chi connectivity index (χ4v) is 10.2. The van der Waals surface area contributed by atoms with E-state index in [0.29, 0.717) is 26.7 Å². The van der Waals surface area contributed by atoms with Crippen molar-refractivity contribution in [3.05, 3.63) is 45.8 Å². The number of amides is 1. The van der Waals surface area contributed by atoms with Crippen molar-refractivity contribution >= 4 is 61.0 Å². The van der Waals surface area contributed by atoms with Gasteiger partial charge in [-0.15, -0.1) is 11.3 Å². The first-order chi connectivity index (χ1) is 25.4. The van der Waals surface area contributed by atoms with Crippen LogP contribution in [0.4, 0.5) is 10.6 Å². The topological polar surface area (TPSA) is 107 Å². The van der Waals surface area contributed by atoms with Crippen LogP contribution >= 0.6 is 27.3 Å². The standard InChI is InChI=1S/C39H58BrN7O4SSi2/c1-26-21-42-36(52-26)32-14-11-27(22-41-32)31-23-43-47-35(31)44-34(28-19-29-12-13-30(20-28)46(29)38(48)51-39(2,3)4)33(40)37(47)45(24-49-15-17-53(5,6)7)25-50-16-18-54(8,9)10/h11,14,21-23,28-30H,12-13,15-20,24-25H2,1-10H3/t28-,29+,30-. The van der Waals surface area contributed by atoms with Crippen LogP contribution in [0.5, 0.6) is 0 Å². The average Bonchev–Trinajstić information content (AvgIpc) is 3.77. The van der Waals surface area contributed by atoms with E-state index in [-0.39, 0.29) is 24.1 Å². The molecule has 0 unspecified atom stereocenters. The smallest absolute Gasteiger partial charge is 0.410 e. The molecule has 11 nitrogen and oxygen atoms in total. The Bertz CT molecular complexity index is 1880. The van der Waals surface area contributed by atoms with E-state index in [1.165, 1.54) is 0 Å². The zero-order valence-corrected chi connectivity index (χ0v) is 38.1. The zero-order valence-electron chi connectivity index (χ0n) is 33.7. The van der Waals surface area contributed by atoms with Gasteiger partial charge >= 0.3 is 6.09 Å². The number of aryl methyl sites for hydroxylation is 1. The van der Waals surface area contributed by atoms with Gasteiger partial charge in [0, 0.05) is 75.8 Å². The highest BCUT2D eigenvalue weighted by Crippen LogP contribution is 2.47. The van der Waals surface area contributed by atoms with Gasteiger partial charge in [-0.3, -0.25) is 4.98 Å². The number of carbonyl (C=O) groups is 1. The van der Waals surface area contributed by atoms with Crippen LogP contribution in [-0.2, 0) is 14.2 Å². The summed E-state index contributed by atoms with van der Waals surface area (Å²) in [5.74, 6) is 0.977. The lowest BCUT2D eigenvalue weighted by molar-refractivity contribution is 0.00566. The number of halogens is 1. The fraction of sp³-hybridized carbons (Fsp3) is 0.615. The first-order valence-corrected chi connectivity index (χ1v) is 28.3. The van der Waals surface area contributed by atoms with E-state index < -0.39 is 21.7 Å². The molecule has 0 aromatic carbocycles. The van der Waals surface area contributed by atoms with Crippen molar-refractivity contribution in [2.24, 2.45) is 0 Å². The largest absolute Gasteiger partial charge is 0.444 e. The number of rotatable bonds is 14. The van der Waals surface area contributed by atoms with Gasteiger partial charge in [-0.05, 0) is 87.5 Å². The molecule has 15 heteroatoms. The number of hydrogen-bond acceptors (Lipinski definition) is 10. The first kappa shape index (κ1) is 41.0. The number of pyridine rings is 1. The van der Waals surface area contributed by atoms with Gasteiger partial charge in [0.1, 0.15) is 24.1 Å². The molecule has 0 spiro atoms. The maximum Gasteiger partial charge on any atom is 0.410 e. The molecule has 294 valence electrons. The van der Waals surface area contributed by atoms with Crippen molar-refractivity contribution < 1.29 is 19.0 Å². The highest BCUT2D eigenvalue weighted by Gasteiger charge is 2.46. The van der Waals surface area contributed by atoms with Crippen LogP contribution in [0, 0.1) is 6.92 Å². The molecule has 4 aromatic rings. The van der Waals surface area contributed by atoms with E-state index >= 15 is 0 Å². The summed E-state index contributed by atoms with van der Waals surface area (Å²) in [5, 5.41) is 5.87. The minimum absolute atomic E-state index is 0.0958. The Kier molecular flexibility index (Phi) is 12.5. The Labute approximate surface area is 335 Å². The molecule has 4 aromatic heterocycles. The lowest BCUT2D eigenvalue weighted by Crippen LogP contribution is -2.48. The molecule has 0 radical (unpaired) electrons. The number of aromatic nitrogens is 5. The second-order valence-corrected chi connectivity index (χ2v) is 31.6. The molecule has 1 amide bonds. The van der Waals surface area contributed by atoms with E-state index in [9.17, 15) is 4.79 Å². The summed E-state index contributed by atoms with van der Waals surface area (Å²) >= 11 is 5.72. The Morgan fingerprint density at radius 2 is 1.57 bits per heavy atom. The van der Waals surface area contributed by atoms with E-state index in [0.717, 1.165) is 86.1 Å². The molecular formula is C39H58BrN7O4SSi2. The Morgan fingerprint density at radius 3 is 2.09 bits per heavy atom. The van der Waals surface area contributed by atoms with Gasteiger partial charge in [0.15, 0.2) is 11.5 Å². The predicted molar refractivity (Wildman–Crippen MR) is 227 cm³/mol. The van der Waals surface area contributed by atoms with Crippen molar-refractivity contribution in [1.82, 2.24) is 29.5 Å². The van der Waals surface area contributed by atoms with Crippen molar-refractivity contribution in [1.29, 1.82) is 0 Å². The molecule has 0 aliphatic carbocycles. The van der Waals surface area contributed by atoms with Gasteiger partial charge in [-0.1, -0.05) is 45.3 Å². The maximum absolute atomic E-state index is 13.4. The summed E-state index contributed by atoms with van der Waals surface area (Å²) < 4.78 is 21.5. The molecule has 2 fully saturated rings. The Morgan fingerprint density at radius 1 is 0.944 bits per heavy atom. The number of ether oxygens (including phenoxy) is 3. The fourth-order valence-electron chi connectivity index (χ4n) is 7.15. The lowest BCUT2D eigenvalue weighted by Gasteiger charge is -2.39. The molecule has 2 aliphatic rings. The van der Waals surface area contributed by atoms with Crippen molar-refractivity contribution in [3.63, 3.8) is 0 Å². The van der Waals surface area contributed by atoms with Crippen molar-refractivity contribution in [2.75, 3.05) is 31.6 Å². The summed E-state index contributed by atoms with van der Waals surface area (Å²) in [6.07, 6.45) is 8.99. The highest BCUT2D eigenvalue weighted by molar-refractivity contribution is 9.10. The molecule has 2 aliphatic heterocycles. The minimum atomic E-state index is -1.29. The van der Waals surface area contributed by atoms with Crippen LogP contribution < -0.4 is 4.90 Å². The normalized spacial score (nSPS) is 19.2. The number of anilines is 1. The van der Waals surface area contributed by atoms with Crippen LogP contribution in [0.15, 0.2) is 35.2 Å². The van der Waals surface area contributed by atoms with Gasteiger partial charge in [0.2, 0.25) is 0 Å². The molecule has 6 rings (SSSR count). The van der Waals surface area contributed by atoms with E-state index in [1.54, 1.807) is 11.3 Å². The Balaban J connectivity index is 1.39. The van der Waals surface area contributed by atoms with Crippen LogP contribution in [0.1, 0.15) is 62.9 Å². The van der Waals surface area contributed by atoms with Gasteiger partial charge < -0.3 is 24.0 Å². The Hall–Kier alpha value is -2.70. The molecule has 0 N–H and O–H groups in total. The number of hydrogen-bond donors (Lipinski definition) is 0. The SMILES string of the molecule is Cc1cnc(-c2ccc(-c3cnn4c(N(COCC[Si](C)(C)C)COCC[Si](C)(C)C)c(Br)c([C@H]5C[C@H]6CC[C@@H](C5)N6C(=O)OC(C)(C)C)nc34)cn2)s1. The van der Waals surface area contributed by atoms with Gasteiger partial charge in [0.05, 0.1) is 22.1 Å². The van der Waals surface area contributed by atoms with Gasteiger partial charge in [-0.25, -0.2) is 14.8 Å². The summed E-state index contributed by atoms with van der Waals surface area (Å²) in [5.41, 5.74) is 3.84. The molecule has 2 saturated heterocycles. The first-order valence-electron chi connectivity index (χ1n) is 19.2. The second-order valence-electron chi connectivity index (χ2n) is 18.3. The summed E-state index contributed by atoms with van der Waals surface area (Å²) in [7, 11) is -2.59. The summed E-state index contributed by atoms with van der Waals surface area (Å²) in [6, 6.07) is 6.44. The van der Waals surface area contributed by atoms with Crippen LogP contribution in [-0.4, -0.2) is 96.1 Å². The number of fused-ring (bicyclic) bond motifs is 3. The third-order valence-electron chi connectivity index (χ3n) is 10.0. The van der Waals surface area contributed by atoms with E-state index in [4.69, 9.17) is 29.3 Å². The molecule has 0 saturated carbocycles. The van der Waals surface area contributed by atoms with Crippen LogP contribution in [0.25, 0.3) is 27.5 Å². The maximum atomic E-state index is 13.4. The van der Waals surface area contributed by atoms with E-state index in [1.807, 2.05) is 54.8 Å². The summed E-state index contributed by atoms with van der Waals surface area (Å²) in [6.45, 7) is 24.2. The van der Waals surface area contributed by atoms with Crippen LogP contribution in [0.2, 0.25) is 51.4 Å². The molecule has 54 heavy (non-hydrogen) atoms. The second kappa shape index (κ2) is 16.4. The lowest BCUT2D eigenvalue weighted by atomic mass is 9.88. The van der Waals surface area contributed by atoms with Gasteiger partial charge in [0.25, 0.3) is 0 Å². The average molecular weight is 857 g/mol. The number of thiazole rings is 1. The van der Waals surface area contributed by atoms with Crippen LogP contribution in [0.3, 0.4) is 0 Å². The van der Waals surface area contributed by atoms with Crippen molar-refractivity contribution in [3.8, 4) is 21.8 Å². The quantitative estimate of drug-likeness (QED) is 0.0696. The number of nitrogens with zero attached hydrogens (tertiary/aromatic N) is 7. The summed E-state index contributed by atoms with van der Waals surface area (Å²) in [4.78, 5) is 33.5. The molecule has 6 heterocycles. The number of carbonyl (C=O) groups excluding carboxylic acids is 1. The number of piperidine rings is 1.